The second-order valence-corrected chi connectivity index (χ2v) is 9.04. The summed E-state index contributed by atoms with van der Waals surface area (Å²) in [6.07, 6.45) is 3.25. The number of Topliss-reactive ketones (excluding diaryl/α,β-unsaturated/α-hetero) is 1. The Kier molecular flexibility index (Phi) is 7.47. The highest BCUT2D eigenvalue weighted by atomic mass is 16.5. The smallest absolute Gasteiger partial charge is 0.295 e. The minimum Gasteiger partial charge on any atom is -0.507 e. The molecule has 37 heavy (non-hydrogen) atoms. The number of ketones is 1. The summed E-state index contributed by atoms with van der Waals surface area (Å²) in [6.45, 7) is 5.78. The van der Waals surface area contributed by atoms with Crippen LogP contribution < -0.4 is 14.2 Å². The van der Waals surface area contributed by atoms with E-state index >= 15 is 0 Å². The summed E-state index contributed by atoms with van der Waals surface area (Å²) in [5, 5.41) is 11.5. The number of carbonyl (C=O) groups is 2. The van der Waals surface area contributed by atoms with Gasteiger partial charge in [0, 0.05) is 30.1 Å². The van der Waals surface area contributed by atoms with Crippen molar-refractivity contribution in [1.82, 2.24) is 9.88 Å². The summed E-state index contributed by atoms with van der Waals surface area (Å²) in [5.74, 6) is -0.153. The maximum Gasteiger partial charge on any atom is 0.295 e. The number of likely N-dealkylation sites (tertiary alicyclic amines) is 1. The van der Waals surface area contributed by atoms with Crippen LogP contribution in [0.25, 0.3) is 5.76 Å². The number of hydrogen-bond acceptors (Lipinski definition) is 7. The summed E-state index contributed by atoms with van der Waals surface area (Å²) in [5.41, 5.74) is 2.36. The van der Waals surface area contributed by atoms with Crippen LogP contribution in [0.15, 0.2) is 66.5 Å². The number of ether oxygens (including phenoxy) is 3. The van der Waals surface area contributed by atoms with Crippen molar-refractivity contribution >= 4 is 17.4 Å². The summed E-state index contributed by atoms with van der Waals surface area (Å²) in [4.78, 5) is 32.4. The molecule has 0 aliphatic carbocycles. The van der Waals surface area contributed by atoms with E-state index in [2.05, 4.69) is 4.98 Å². The van der Waals surface area contributed by atoms with Gasteiger partial charge in [-0.25, -0.2) is 0 Å². The number of benzene rings is 2. The van der Waals surface area contributed by atoms with Gasteiger partial charge in [0.15, 0.2) is 0 Å². The van der Waals surface area contributed by atoms with Gasteiger partial charge in [-0.3, -0.25) is 14.6 Å². The van der Waals surface area contributed by atoms with Gasteiger partial charge in [-0.2, -0.15) is 0 Å². The molecule has 0 unspecified atom stereocenters. The van der Waals surface area contributed by atoms with E-state index in [-0.39, 0.29) is 24.0 Å². The molecule has 8 nitrogen and oxygen atoms in total. The number of rotatable bonds is 8. The van der Waals surface area contributed by atoms with Crippen LogP contribution in [0.5, 0.6) is 17.2 Å². The maximum atomic E-state index is 13.5. The van der Waals surface area contributed by atoms with Gasteiger partial charge in [0.2, 0.25) is 0 Å². The van der Waals surface area contributed by atoms with Crippen LogP contribution in [-0.4, -0.2) is 47.0 Å². The van der Waals surface area contributed by atoms with Gasteiger partial charge in [0.1, 0.15) is 23.0 Å². The van der Waals surface area contributed by atoms with E-state index in [0.717, 1.165) is 5.56 Å². The van der Waals surface area contributed by atoms with Gasteiger partial charge in [-0.05, 0) is 74.4 Å². The van der Waals surface area contributed by atoms with Crippen molar-refractivity contribution in [2.75, 3.05) is 14.2 Å². The third kappa shape index (κ3) is 5.14. The Morgan fingerprint density at radius 3 is 2.43 bits per heavy atom. The first kappa shape index (κ1) is 25.8. The molecule has 3 aromatic rings. The Labute approximate surface area is 216 Å². The number of nitrogens with zero attached hydrogens (tertiary/aromatic N) is 2. The zero-order valence-electron chi connectivity index (χ0n) is 21.5. The van der Waals surface area contributed by atoms with Crippen molar-refractivity contribution in [3.05, 3.63) is 88.8 Å². The number of hydrogen-bond donors (Lipinski definition) is 1. The molecule has 1 N–H and O–H groups in total. The molecule has 1 aliphatic rings. The van der Waals surface area contributed by atoms with E-state index < -0.39 is 17.7 Å². The van der Waals surface area contributed by atoms with Gasteiger partial charge in [0.05, 0.1) is 31.9 Å². The Hall–Kier alpha value is -4.33. The third-order valence-corrected chi connectivity index (χ3v) is 6.17. The second-order valence-electron chi connectivity index (χ2n) is 9.04. The topological polar surface area (TPSA) is 98.2 Å². The maximum absolute atomic E-state index is 13.5. The fraction of sp³-hybridized carbons (Fsp3) is 0.276. The van der Waals surface area contributed by atoms with Crippen LogP contribution in [0.2, 0.25) is 0 Å². The minimum atomic E-state index is -0.920. The van der Waals surface area contributed by atoms with Crippen LogP contribution in [-0.2, 0) is 16.1 Å². The predicted octanol–water partition coefficient (Wildman–Crippen LogP) is 4.82. The van der Waals surface area contributed by atoms with E-state index in [1.54, 1.807) is 54.9 Å². The molecule has 4 rings (SSSR count). The highest BCUT2D eigenvalue weighted by molar-refractivity contribution is 6.46. The van der Waals surface area contributed by atoms with Crippen molar-refractivity contribution in [2.45, 2.75) is 39.5 Å². The fourth-order valence-electron chi connectivity index (χ4n) is 4.50. The average Bonchev–Trinajstić information content (AvgIpc) is 3.13. The van der Waals surface area contributed by atoms with Crippen molar-refractivity contribution < 1.29 is 28.9 Å². The van der Waals surface area contributed by atoms with Gasteiger partial charge in [-0.1, -0.05) is 6.07 Å². The van der Waals surface area contributed by atoms with Crippen molar-refractivity contribution in [3.8, 4) is 17.2 Å². The SMILES string of the molecule is COc1ccc(OC)c([C@H]2C(=C(O)c3ccc(OC(C)C)cc3C)C(=O)C(=O)N2Cc2cccnc2)c1. The molecule has 1 fully saturated rings. The van der Waals surface area contributed by atoms with E-state index in [1.807, 2.05) is 26.8 Å². The summed E-state index contributed by atoms with van der Waals surface area (Å²) in [7, 11) is 3.04. The molecule has 0 bridgehead atoms. The van der Waals surface area contributed by atoms with Gasteiger partial charge >= 0.3 is 0 Å². The fourth-order valence-corrected chi connectivity index (χ4v) is 4.50. The number of amides is 1. The zero-order chi connectivity index (χ0) is 26.7. The normalized spacial score (nSPS) is 16.8. The highest BCUT2D eigenvalue weighted by Gasteiger charge is 2.47. The monoisotopic (exact) mass is 502 g/mol. The van der Waals surface area contributed by atoms with E-state index in [1.165, 1.54) is 19.1 Å². The summed E-state index contributed by atoms with van der Waals surface area (Å²) < 4.78 is 16.8. The molecule has 1 atom stereocenters. The van der Waals surface area contributed by atoms with Crippen LogP contribution in [0.1, 0.15) is 42.1 Å². The third-order valence-electron chi connectivity index (χ3n) is 6.17. The van der Waals surface area contributed by atoms with Gasteiger partial charge in [-0.15, -0.1) is 0 Å². The molecule has 1 amide bonds. The molecule has 1 saturated heterocycles. The molecule has 192 valence electrons. The average molecular weight is 503 g/mol. The van der Waals surface area contributed by atoms with Crippen molar-refractivity contribution in [1.29, 1.82) is 0 Å². The van der Waals surface area contributed by atoms with E-state index in [9.17, 15) is 14.7 Å². The number of aliphatic hydroxyl groups excluding tert-OH is 1. The number of aliphatic hydroxyl groups is 1. The number of methoxy groups -OCH3 is 2. The lowest BCUT2D eigenvalue weighted by Gasteiger charge is -2.27. The number of aromatic nitrogens is 1. The zero-order valence-corrected chi connectivity index (χ0v) is 21.5. The molecule has 1 aliphatic heterocycles. The van der Waals surface area contributed by atoms with E-state index in [4.69, 9.17) is 14.2 Å². The summed E-state index contributed by atoms with van der Waals surface area (Å²) in [6, 6.07) is 13.0. The Morgan fingerprint density at radius 2 is 1.81 bits per heavy atom. The lowest BCUT2D eigenvalue weighted by Crippen LogP contribution is -2.29. The Morgan fingerprint density at radius 1 is 1.05 bits per heavy atom. The molecule has 2 aromatic carbocycles. The van der Waals surface area contributed by atoms with Crippen molar-refractivity contribution in [3.63, 3.8) is 0 Å². The lowest BCUT2D eigenvalue weighted by molar-refractivity contribution is -0.140. The quantitative estimate of drug-likeness (QED) is 0.268. The molecule has 2 heterocycles. The first-order valence-electron chi connectivity index (χ1n) is 11.9. The summed E-state index contributed by atoms with van der Waals surface area (Å²) >= 11 is 0. The highest BCUT2D eigenvalue weighted by Crippen LogP contribution is 2.45. The predicted molar refractivity (Wildman–Crippen MR) is 139 cm³/mol. The molecule has 0 spiro atoms. The number of aryl methyl sites for hydroxylation is 1. The lowest BCUT2D eigenvalue weighted by atomic mass is 9.93. The molecular weight excluding hydrogens is 472 g/mol. The molecule has 0 saturated carbocycles. The van der Waals surface area contributed by atoms with Crippen LogP contribution in [0.3, 0.4) is 0 Å². The molecule has 0 radical (unpaired) electrons. The van der Waals surface area contributed by atoms with Crippen molar-refractivity contribution in [2.24, 2.45) is 0 Å². The molecule has 8 heteroatoms. The largest absolute Gasteiger partial charge is 0.507 e. The standard InChI is InChI=1S/C29H30N2O6/c1-17(2)37-21-8-10-22(18(3)13-21)27(32)25-26(23-14-20(35-4)9-11-24(23)36-5)31(29(34)28(25)33)16-19-7-6-12-30-15-19/h6-15,17,26,32H,16H2,1-5H3/t26-/m0/s1. The van der Waals surface area contributed by atoms with Crippen LogP contribution in [0.4, 0.5) is 0 Å². The van der Waals surface area contributed by atoms with E-state index in [0.29, 0.717) is 33.9 Å². The first-order chi connectivity index (χ1) is 17.7. The minimum absolute atomic E-state index is 0.0165. The number of pyridine rings is 1. The van der Waals surface area contributed by atoms with Crippen LogP contribution in [0, 0.1) is 6.92 Å². The molecule has 1 aromatic heterocycles. The Bertz CT molecular complexity index is 1350. The van der Waals surface area contributed by atoms with Crippen LogP contribution >= 0.6 is 0 Å². The first-order valence-corrected chi connectivity index (χ1v) is 11.9. The van der Waals surface area contributed by atoms with Gasteiger partial charge < -0.3 is 24.2 Å². The number of carbonyl (C=O) groups excluding carboxylic acids is 2. The Balaban J connectivity index is 1.91. The molecular formula is C29H30N2O6. The van der Waals surface area contributed by atoms with Gasteiger partial charge in [0.25, 0.3) is 11.7 Å². The second kappa shape index (κ2) is 10.7.